The van der Waals surface area contributed by atoms with Gasteiger partial charge in [-0.25, -0.2) is 0 Å². The van der Waals surface area contributed by atoms with Gasteiger partial charge in [-0.15, -0.1) is 0 Å². The molecule has 0 aliphatic heterocycles. The molecule has 4 heteroatoms. The Bertz CT molecular complexity index is 399. The number of aryl methyl sites for hydroxylation is 1. The molecule has 0 saturated heterocycles. The third-order valence-corrected chi connectivity index (χ3v) is 3.78. The summed E-state index contributed by atoms with van der Waals surface area (Å²) in [6, 6.07) is 1.91. The van der Waals surface area contributed by atoms with Gasteiger partial charge in [0.25, 0.3) is 0 Å². The normalized spacial score (nSPS) is 29.6. The largest absolute Gasteiger partial charge is 0.327 e. The predicted octanol–water partition coefficient (Wildman–Crippen LogP) is 1.05. The molecule has 1 fully saturated rings. The van der Waals surface area contributed by atoms with E-state index in [1.165, 1.54) is 0 Å². The molecule has 0 radical (unpaired) electrons. The minimum Gasteiger partial charge on any atom is -0.327 e. The summed E-state index contributed by atoms with van der Waals surface area (Å²) >= 11 is 0. The van der Waals surface area contributed by atoms with Crippen molar-refractivity contribution >= 4 is 5.78 Å². The molecule has 0 spiro atoms. The summed E-state index contributed by atoms with van der Waals surface area (Å²) in [5, 5.41) is 4.23. The van der Waals surface area contributed by atoms with Crippen LogP contribution in [0, 0.1) is 5.41 Å². The van der Waals surface area contributed by atoms with E-state index < -0.39 is 0 Å². The zero-order valence-corrected chi connectivity index (χ0v) is 9.94. The van der Waals surface area contributed by atoms with Crippen molar-refractivity contribution in [1.82, 2.24) is 9.78 Å². The molecule has 1 heterocycles. The molecular weight excluding hydrogens is 202 g/mol. The van der Waals surface area contributed by atoms with Gasteiger partial charge in [0.15, 0.2) is 0 Å². The second-order valence-electron chi connectivity index (χ2n) is 5.00. The molecule has 0 bridgehead atoms. The van der Waals surface area contributed by atoms with Gasteiger partial charge in [-0.3, -0.25) is 9.48 Å². The number of ketones is 1. The van der Waals surface area contributed by atoms with Crippen LogP contribution >= 0.6 is 0 Å². The first-order valence-electron chi connectivity index (χ1n) is 5.80. The molecule has 1 saturated carbocycles. The molecule has 2 atom stereocenters. The van der Waals surface area contributed by atoms with Crippen LogP contribution in [0.4, 0.5) is 0 Å². The fraction of sp³-hybridized carbons (Fsp3) is 0.667. The zero-order chi connectivity index (χ0) is 11.8. The van der Waals surface area contributed by atoms with Crippen LogP contribution in [-0.2, 0) is 18.3 Å². The lowest BCUT2D eigenvalue weighted by molar-refractivity contribution is -0.127. The maximum atomic E-state index is 12.2. The Morgan fingerprint density at radius 1 is 1.75 bits per heavy atom. The molecule has 0 aromatic carbocycles. The van der Waals surface area contributed by atoms with Crippen molar-refractivity contribution < 1.29 is 4.79 Å². The first kappa shape index (κ1) is 11.3. The standard InChI is InChI=1S/C12H19N3O/c1-12(6-3-4-10(12)13)11(16)8-9-5-7-15(2)14-9/h5,7,10H,3-4,6,8,13H2,1-2H3. The van der Waals surface area contributed by atoms with E-state index in [0.29, 0.717) is 6.42 Å². The molecule has 16 heavy (non-hydrogen) atoms. The maximum absolute atomic E-state index is 12.2. The molecule has 1 aliphatic rings. The SMILES string of the molecule is Cn1ccc(CC(=O)C2(C)CCCC2N)n1. The van der Waals surface area contributed by atoms with Crippen LogP contribution in [-0.4, -0.2) is 21.6 Å². The Morgan fingerprint density at radius 3 is 3.00 bits per heavy atom. The number of hydrogen-bond donors (Lipinski definition) is 1. The Morgan fingerprint density at radius 2 is 2.50 bits per heavy atom. The first-order valence-corrected chi connectivity index (χ1v) is 5.80. The Hall–Kier alpha value is -1.16. The van der Waals surface area contributed by atoms with E-state index >= 15 is 0 Å². The number of Topliss-reactive ketones (excluding diaryl/α,β-unsaturated/α-hetero) is 1. The van der Waals surface area contributed by atoms with Gasteiger partial charge >= 0.3 is 0 Å². The lowest BCUT2D eigenvalue weighted by Crippen LogP contribution is -2.41. The first-order chi connectivity index (χ1) is 7.52. The molecule has 2 N–H and O–H groups in total. The average Bonchev–Trinajstić information content (AvgIpc) is 2.76. The van der Waals surface area contributed by atoms with Crippen molar-refractivity contribution in [3.05, 3.63) is 18.0 Å². The minimum absolute atomic E-state index is 0.0173. The summed E-state index contributed by atoms with van der Waals surface area (Å²) in [5.41, 5.74) is 6.53. The van der Waals surface area contributed by atoms with Crippen molar-refractivity contribution in [3.8, 4) is 0 Å². The molecular formula is C12H19N3O. The number of rotatable bonds is 3. The van der Waals surface area contributed by atoms with Crippen LogP contribution in [0.15, 0.2) is 12.3 Å². The van der Waals surface area contributed by atoms with Crippen LogP contribution in [0.25, 0.3) is 0 Å². The number of carbonyl (C=O) groups is 1. The van der Waals surface area contributed by atoms with Gasteiger partial charge < -0.3 is 5.73 Å². The van der Waals surface area contributed by atoms with Gasteiger partial charge in [0, 0.05) is 24.7 Å². The number of nitrogens with zero attached hydrogens (tertiary/aromatic N) is 2. The summed E-state index contributed by atoms with van der Waals surface area (Å²) < 4.78 is 1.72. The van der Waals surface area contributed by atoms with Crippen LogP contribution in [0.3, 0.4) is 0 Å². The topological polar surface area (TPSA) is 60.9 Å². The van der Waals surface area contributed by atoms with Crippen molar-refractivity contribution in [2.75, 3.05) is 0 Å². The van der Waals surface area contributed by atoms with Gasteiger partial charge in [0.05, 0.1) is 12.1 Å². The smallest absolute Gasteiger partial charge is 0.146 e. The van der Waals surface area contributed by atoms with Gasteiger partial charge in [-0.1, -0.05) is 13.3 Å². The monoisotopic (exact) mass is 221 g/mol. The molecule has 0 amide bonds. The molecule has 2 rings (SSSR count). The highest BCUT2D eigenvalue weighted by atomic mass is 16.1. The summed E-state index contributed by atoms with van der Waals surface area (Å²) in [6.07, 6.45) is 5.21. The van der Waals surface area contributed by atoms with Crippen molar-refractivity contribution in [3.63, 3.8) is 0 Å². The Kier molecular flexibility index (Phi) is 2.84. The second-order valence-corrected chi connectivity index (χ2v) is 5.00. The average molecular weight is 221 g/mol. The van der Waals surface area contributed by atoms with E-state index in [2.05, 4.69) is 5.10 Å². The third kappa shape index (κ3) is 1.89. The number of carbonyl (C=O) groups excluding carboxylic acids is 1. The van der Waals surface area contributed by atoms with E-state index in [0.717, 1.165) is 25.0 Å². The lowest BCUT2D eigenvalue weighted by atomic mass is 9.79. The summed E-state index contributed by atoms with van der Waals surface area (Å²) in [5.74, 6) is 0.233. The fourth-order valence-corrected chi connectivity index (χ4v) is 2.46. The highest BCUT2D eigenvalue weighted by Crippen LogP contribution is 2.38. The Labute approximate surface area is 95.8 Å². The minimum atomic E-state index is -0.336. The van der Waals surface area contributed by atoms with E-state index in [-0.39, 0.29) is 17.2 Å². The number of nitrogens with two attached hydrogens (primary N) is 1. The molecule has 2 unspecified atom stereocenters. The number of hydrogen-bond acceptors (Lipinski definition) is 3. The highest BCUT2D eigenvalue weighted by molar-refractivity contribution is 5.87. The van der Waals surface area contributed by atoms with Gasteiger partial charge in [0.1, 0.15) is 5.78 Å². The van der Waals surface area contributed by atoms with E-state index in [1.54, 1.807) is 4.68 Å². The summed E-state index contributed by atoms with van der Waals surface area (Å²) in [4.78, 5) is 12.2. The van der Waals surface area contributed by atoms with Crippen LogP contribution in [0.5, 0.6) is 0 Å². The second kappa shape index (κ2) is 4.01. The van der Waals surface area contributed by atoms with Gasteiger partial charge in [0.2, 0.25) is 0 Å². The van der Waals surface area contributed by atoms with Crippen molar-refractivity contribution in [2.45, 2.75) is 38.6 Å². The lowest BCUT2D eigenvalue weighted by Gasteiger charge is -2.26. The highest BCUT2D eigenvalue weighted by Gasteiger charge is 2.42. The quantitative estimate of drug-likeness (QED) is 0.830. The Balaban J connectivity index is 2.08. The van der Waals surface area contributed by atoms with Crippen molar-refractivity contribution in [2.24, 2.45) is 18.2 Å². The van der Waals surface area contributed by atoms with Gasteiger partial charge in [-0.2, -0.15) is 5.10 Å². The molecule has 1 aliphatic carbocycles. The van der Waals surface area contributed by atoms with Crippen LogP contribution in [0.2, 0.25) is 0 Å². The molecule has 1 aromatic rings. The fourth-order valence-electron chi connectivity index (χ4n) is 2.46. The van der Waals surface area contributed by atoms with Crippen molar-refractivity contribution in [1.29, 1.82) is 0 Å². The molecule has 88 valence electrons. The van der Waals surface area contributed by atoms with Gasteiger partial charge in [-0.05, 0) is 18.9 Å². The zero-order valence-electron chi connectivity index (χ0n) is 9.94. The van der Waals surface area contributed by atoms with E-state index in [1.807, 2.05) is 26.2 Å². The van der Waals surface area contributed by atoms with Crippen LogP contribution in [0.1, 0.15) is 31.9 Å². The van der Waals surface area contributed by atoms with E-state index in [4.69, 9.17) is 5.73 Å². The predicted molar refractivity (Wildman–Crippen MR) is 61.9 cm³/mol. The summed E-state index contributed by atoms with van der Waals surface area (Å²) in [7, 11) is 1.86. The third-order valence-electron chi connectivity index (χ3n) is 3.78. The summed E-state index contributed by atoms with van der Waals surface area (Å²) in [6.45, 7) is 2.00. The molecule has 1 aromatic heterocycles. The molecule has 4 nitrogen and oxygen atoms in total. The maximum Gasteiger partial charge on any atom is 0.146 e. The number of aromatic nitrogens is 2. The van der Waals surface area contributed by atoms with E-state index in [9.17, 15) is 4.79 Å². The van der Waals surface area contributed by atoms with Crippen LogP contribution < -0.4 is 5.73 Å².